The minimum Gasteiger partial charge on any atom is -0.0837 e. The quantitative estimate of drug-likeness (QED) is 0.452. The molecule has 21 heavy (non-hydrogen) atoms. The van der Waals surface area contributed by atoms with Crippen molar-refractivity contribution in [3.63, 3.8) is 0 Å². The maximum absolute atomic E-state index is 6.49. The van der Waals surface area contributed by atoms with Gasteiger partial charge in [-0.25, -0.2) is 0 Å². The molecule has 0 spiro atoms. The van der Waals surface area contributed by atoms with E-state index in [0.29, 0.717) is 0 Å². The monoisotopic (exact) mass is 358 g/mol. The summed E-state index contributed by atoms with van der Waals surface area (Å²) < 4.78 is 0. The molecule has 0 heterocycles. The second-order valence-electron chi connectivity index (χ2n) is 5.36. The van der Waals surface area contributed by atoms with E-state index in [0.717, 1.165) is 16.1 Å². The van der Waals surface area contributed by atoms with Crippen LogP contribution in [-0.4, -0.2) is 0 Å². The van der Waals surface area contributed by atoms with Gasteiger partial charge in [-0.05, 0) is 46.9 Å². The summed E-state index contributed by atoms with van der Waals surface area (Å²) in [6, 6.07) is 19.1. The van der Waals surface area contributed by atoms with Gasteiger partial charge in [0.25, 0.3) is 0 Å². The smallest absolute Gasteiger partial charge is 0.0665 e. The summed E-state index contributed by atoms with van der Waals surface area (Å²) in [7, 11) is 0. The molecular formula is C19H16BrCl. The van der Waals surface area contributed by atoms with Crippen molar-refractivity contribution in [1.82, 2.24) is 0 Å². The molecule has 0 nitrogen and oxygen atoms in total. The van der Waals surface area contributed by atoms with Crippen molar-refractivity contribution >= 4 is 38.3 Å². The van der Waals surface area contributed by atoms with Crippen molar-refractivity contribution in [2.75, 3.05) is 0 Å². The van der Waals surface area contributed by atoms with Crippen LogP contribution in [0.4, 0.5) is 0 Å². The molecular weight excluding hydrogens is 344 g/mol. The highest BCUT2D eigenvalue weighted by Crippen LogP contribution is 2.39. The van der Waals surface area contributed by atoms with E-state index >= 15 is 0 Å². The third kappa shape index (κ3) is 2.61. The first-order chi connectivity index (χ1) is 10.1. The molecule has 3 aromatic carbocycles. The second kappa shape index (κ2) is 5.82. The van der Waals surface area contributed by atoms with Crippen LogP contribution in [0.1, 0.15) is 27.1 Å². The van der Waals surface area contributed by atoms with E-state index in [1.54, 1.807) is 0 Å². The van der Waals surface area contributed by atoms with E-state index in [4.69, 9.17) is 11.6 Å². The van der Waals surface area contributed by atoms with Crippen LogP contribution >= 0.6 is 27.5 Å². The van der Waals surface area contributed by atoms with Crippen molar-refractivity contribution in [2.24, 2.45) is 0 Å². The molecule has 0 bridgehead atoms. The Hall–Kier alpha value is -1.31. The van der Waals surface area contributed by atoms with E-state index < -0.39 is 0 Å². The zero-order valence-corrected chi connectivity index (χ0v) is 14.4. The highest BCUT2D eigenvalue weighted by atomic mass is 79.9. The summed E-state index contributed by atoms with van der Waals surface area (Å²) in [6.45, 7) is 4.19. The summed E-state index contributed by atoms with van der Waals surface area (Å²) in [5, 5.41) is 3.41. The van der Waals surface area contributed by atoms with Gasteiger partial charge in [0.1, 0.15) is 0 Å². The first kappa shape index (κ1) is 14.6. The van der Waals surface area contributed by atoms with Crippen LogP contribution in [0.15, 0.2) is 54.6 Å². The van der Waals surface area contributed by atoms with Gasteiger partial charge in [-0.1, -0.05) is 82.1 Å². The molecule has 1 unspecified atom stereocenters. The van der Waals surface area contributed by atoms with E-state index in [1.165, 1.54) is 21.9 Å². The third-order valence-electron chi connectivity index (χ3n) is 3.94. The highest BCUT2D eigenvalue weighted by Gasteiger charge is 2.17. The van der Waals surface area contributed by atoms with Crippen LogP contribution in [0.2, 0.25) is 5.02 Å². The van der Waals surface area contributed by atoms with E-state index in [-0.39, 0.29) is 4.83 Å². The first-order valence-electron chi connectivity index (χ1n) is 6.97. The predicted molar refractivity (Wildman–Crippen MR) is 95.6 cm³/mol. The van der Waals surface area contributed by atoms with Crippen LogP contribution in [0.5, 0.6) is 0 Å². The molecule has 0 amide bonds. The molecule has 0 aliphatic carbocycles. The van der Waals surface area contributed by atoms with Crippen LogP contribution in [0.25, 0.3) is 10.8 Å². The third-order valence-corrected chi connectivity index (χ3v) is 5.45. The Bertz CT molecular complexity index is 808. The molecule has 3 rings (SSSR count). The highest BCUT2D eigenvalue weighted by molar-refractivity contribution is 9.09. The number of hydrogen-bond donors (Lipinski definition) is 0. The van der Waals surface area contributed by atoms with Crippen LogP contribution in [0, 0.1) is 13.8 Å². The minimum absolute atomic E-state index is 0.0930. The van der Waals surface area contributed by atoms with Gasteiger partial charge in [-0.3, -0.25) is 0 Å². The molecule has 0 saturated heterocycles. The Balaban J connectivity index is 2.21. The van der Waals surface area contributed by atoms with Gasteiger partial charge >= 0.3 is 0 Å². The van der Waals surface area contributed by atoms with Crippen molar-refractivity contribution in [3.8, 4) is 0 Å². The lowest BCUT2D eigenvalue weighted by Crippen LogP contribution is -1.97. The van der Waals surface area contributed by atoms with Crippen LogP contribution in [0.3, 0.4) is 0 Å². The maximum atomic E-state index is 6.49. The number of hydrogen-bond acceptors (Lipinski definition) is 0. The Morgan fingerprint density at radius 3 is 2.24 bits per heavy atom. The molecule has 0 N–H and O–H groups in total. The summed E-state index contributed by atoms with van der Waals surface area (Å²) >= 11 is 10.3. The molecule has 0 radical (unpaired) electrons. The molecule has 106 valence electrons. The zero-order chi connectivity index (χ0) is 15.0. The summed E-state index contributed by atoms with van der Waals surface area (Å²) in [5.74, 6) is 0. The maximum Gasteiger partial charge on any atom is 0.0665 e. The lowest BCUT2D eigenvalue weighted by Gasteiger charge is -2.17. The van der Waals surface area contributed by atoms with Crippen LogP contribution in [-0.2, 0) is 0 Å². The van der Waals surface area contributed by atoms with Gasteiger partial charge in [0, 0.05) is 5.02 Å². The average Bonchev–Trinajstić information content (AvgIpc) is 2.50. The molecule has 0 aliphatic heterocycles. The molecule has 0 fully saturated rings. The van der Waals surface area contributed by atoms with E-state index in [1.807, 2.05) is 13.0 Å². The number of rotatable bonds is 2. The molecule has 1 atom stereocenters. The summed E-state index contributed by atoms with van der Waals surface area (Å²) in [4.78, 5) is 0.0930. The number of halogens is 2. The first-order valence-corrected chi connectivity index (χ1v) is 8.26. The Morgan fingerprint density at radius 2 is 1.48 bits per heavy atom. The molecule has 0 saturated carbocycles. The topological polar surface area (TPSA) is 0 Å². The molecule has 0 aliphatic rings. The molecule has 2 heteroatoms. The molecule has 3 aromatic rings. The van der Waals surface area contributed by atoms with E-state index in [9.17, 15) is 0 Å². The second-order valence-corrected chi connectivity index (χ2v) is 6.65. The van der Waals surface area contributed by atoms with Gasteiger partial charge in [-0.2, -0.15) is 0 Å². The average molecular weight is 360 g/mol. The number of benzene rings is 3. The Morgan fingerprint density at radius 1 is 0.762 bits per heavy atom. The van der Waals surface area contributed by atoms with Gasteiger partial charge in [0.05, 0.1) is 4.83 Å². The number of fused-ring (bicyclic) bond motifs is 1. The van der Waals surface area contributed by atoms with Gasteiger partial charge in [0.15, 0.2) is 0 Å². The molecule has 0 aromatic heterocycles. The largest absolute Gasteiger partial charge is 0.0837 e. The fourth-order valence-corrected chi connectivity index (χ4v) is 3.88. The summed E-state index contributed by atoms with van der Waals surface area (Å²) in [6.07, 6.45) is 0. The van der Waals surface area contributed by atoms with Crippen LogP contribution < -0.4 is 0 Å². The van der Waals surface area contributed by atoms with Crippen molar-refractivity contribution in [3.05, 3.63) is 81.9 Å². The summed E-state index contributed by atoms with van der Waals surface area (Å²) in [5.41, 5.74) is 4.77. The Labute approximate surface area is 138 Å². The van der Waals surface area contributed by atoms with Crippen molar-refractivity contribution < 1.29 is 0 Å². The SMILES string of the molecule is Cc1cccc(C(Br)c2ccc(C)c3ccccc23)c1Cl. The standard InChI is InChI=1S/C19H16BrCl/c1-12-10-11-16(15-8-4-3-7-14(12)15)18(20)17-9-5-6-13(2)19(17)21/h3-11,18H,1-2H3. The minimum atomic E-state index is 0.0930. The Kier molecular flexibility index (Phi) is 4.05. The normalized spacial score (nSPS) is 12.6. The predicted octanol–water partition coefficient (Wildman–Crippen LogP) is 6.59. The lowest BCUT2D eigenvalue weighted by molar-refractivity contribution is 1.18. The van der Waals surface area contributed by atoms with E-state index in [2.05, 4.69) is 71.4 Å². The van der Waals surface area contributed by atoms with Gasteiger partial charge in [0.2, 0.25) is 0 Å². The van der Waals surface area contributed by atoms with Gasteiger partial charge in [-0.15, -0.1) is 0 Å². The number of alkyl halides is 1. The lowest BCUT2D eigenvalue weighted by atomic mass is 9.95. The van der Waals surface area contributed by atoms with Crippen molar-refractivity contribution in [1.29, 1.82) is 0 Å². The van der Waals surface area contributed by atoms with Crippen molar-refractivity contribution in [2.45, 2.75) is 18.7 Å². The fraction of sp³-hybridized carbons (Fsp3) is 0.158. The van der Waals surface area contributed by atoms with Gasteiger partial charge < -0.3 is 0 Å². The fourth-order valence-electron chi connectivity index (χ4n) is 2.73. The number of aryl methyl sites for hydroxylation is 2. The zero-order valence-electron chi connectivity index (χ0n) is 12.0.